The number of ether oxygens (including phenoxy) is 1. The molecular weight excluding hydrogens is 198 g/mol. The molecule has 1 aliphatic carbocycles. The molecule has 0 amide bonds. The maximum Gasteiger partial charge on any atom is 0.118 e. The SMILES string of the molecule is CN(C)CCOC1=CCCC=C1C(C)(C)C. The van der Waals surface area contributed by atoms with Gasteiger partial charge < -0.3 is 9.64 Å². The number of hydrogen-bond donors (Lipinski definition) is 0. The fourth-order valence-corrected chi connectivity index (χ4v) is 1.80. The van der Waals surface area contributed by atoms with E-state index in [0.717, 1.165) is 31.8 Å². The third-order valence-electron chi connectivity index (χ3n) is 2.71. The van der Waals surface area contributed by atoms with Crippen LogP contribution in [0.3, 0.4) is 0 Å². The Kier molecular flexibility index (Phi) is 4.60. The van der Waals surface area contributed by atoms with Gasteiger partial charge in [0.25, 0.3) is 0 Å². The summed E-state index contributed by atoms with van der Waals surface area (Å²) in [5, 5.41) is 0. The third-order valence-corrected chi connectivity index (χ3v) is 2.71. The molecule has 0 unspecified atom stereocenters. The van der Waals surface area contributed by atoms with E-state index in [4.69, 9.17) is 4.74 Å². The number of allylic oxidation sites excluding steroid dienone is 3. The van der Waals surface area contributed by atoms with Crippen LogP contribution >= 0.6 is 0 Å². The molecule has 1 rings (SSSR count). The molecule has 0 N–H and O–H groups in total. The molecule has 1 aliphatic rings. The van der Waals surface area contributed by atoms with Crippen molar-refractivity contribution in [3.8, 4) is 0 Å². The maximum atomic E-state index is 5.88. The molecule has 0 aromatic carbocycles. The Bertz CT molecular complexity index is 282. The molecule has 0 atom stereocenters. The molecule has 2 heteroatoms. The van der Waals surface area contributed by atoms with Gasteiger partial charge in [0.15, 0.2) is 0 Å². The highest BCUT2D eigenvalue weighted by molar-refractivity contribution is 5.33. The van der Waals surface area contributed by atoms with Crippen LogP contribution in [0.15, 0.2) is 23.5 Å². The summed E-state index contributed by atoms with van der Waals surface area (Å²) in [6.07, 6.45) is 6.81. The van der Waals surface area contributed by atoms with Crippen LogP contribution in [0.2, 0.25) is 0 Å². The molecular formula is C14H25NO. The fraction of sp³-hybridized carbons (Fsp3) is 0.714. The zero-order chi connectivity index (χ0) is 12.2. The standard InChI is InChI=1S/C14H25NO/c1-14(2,3)12-8-6-7-9-13(12)16-11-10-15(4)5/h8-9H,6-7,10-11H2,1-5H3. The number of rotatable bonds is 4. The van der Waals surface area contributed by atoms with E-state index in [0.29, 0.717) is 0 Å². The quantitative estimate of drug-likeness (QED) is 0.725. The van der Waals surface area contributed by atoms with Crippen LogP contribution in [0.5, 0.6) is 0 Å². The number of nitrogens with zero attached hydrogens (tertiary/aromatic N) is 1. The third kappa shape index (κ3) is 4.01. The molecule has 0 spiro atoms. The molecule has 0 heterocycles. The molecule has 92 valence electrons. The van der Waals surface area contributed by atoms with Gasteiger partial charge in [0.05, 0.1) is 0 Å². The Labute approximate surface area is 100.0 Å². The van der Waals surface area contributed by atoms with Crippen LogP contribution in [0.1, 0.15) is 33.6 Å². The van der Waals surface area contributed by atoms with E-state index in [1.165, 1.54) is 5.57 Å². The summed E-state index contributed by atoms with van der Waals surface area (Å²) in [6, 6.07) is 0. The van der Waals surface area contributed by atoms with E-state index in [1.807, 2.05) is 0 Å². The molecule has 0 saturated heterocycles. The van der Waals surface area contributed by atoms with E-state index < -0.39 is 0 Å². The van der Waals surface area contributed by atoms with Gasteiger partial charge in [0.1, 0.15) is 12.4 Å². The summed E-state index contributed by atoms with van der Waals surface area (Å²) in [6.45, 7) is 8.47. The monoisotopic (exact) mass is 223 g/mol. The van der Waals surface area contributed by atoms with Gasteiger partial charge in [0.2, 0.25) is 0 Å². The number of hydrogen-bond acceptors (Lipinski definition) is 2. The Morgan fingerprint density at radius 1 is 1.19 bits per heavy atom. The molecule has 0 bridgehead atoms. The summed E-state index contributed by atoms with van der Waals surface area (Å²) in [4.78, 5) is 2.14. The number of likely N-dealkylation sites (N-methyl/N-ethyl adjacent to an activating group) is 1. The zero-order valence-corrected chi connectivity index (χ0v) is 11.3. The molecule has 0 aromatic rings. The van der Waals surface area contributed by atoms with E-state index in [2.05, 4.69) is 51.9 Å². The van der Waals surface area contributed by atoms with Crippen LogP contribution in [0.4, 0.5) is 0 Å². The van der Waals surface area contributed by atoms with Gasteiger partial charge in [-0.05, 0) is 44.0 Å². The molecule has 2 nitrogen and oxygen atoms in total. The molecule has 0 fully saturated rings. The van der Waals surface area contributed by atoms with Gasteiger partial charge in [0, 0.05) is 6.54 Å². The molecule has 16 heavy (non-hydrogen) atoms. The van der Waals surface area contributed by atoms with E-state index in [-0.39, 0.29) is 5.41 Å². The maximum absolute atomic E-state index is 5.88. The first-order valence-electron chi connectivity index (χ1n) is 6.10. The lowest BCUT2D eigenvalue weighted by atomic mass is 9.82. The van der Waals surface area contributed by atoms with E-state index in [1.54, 1.807) is 0 Å². The average molecular weight is 223 g/mol. The summed E-state index contributed by atoms with van der Waals surface area (Å²) >= 11 is 0. The minimum absolute atomic E-state index is 0.185. The van der Waals surface area contributed by atoms with Crippen LogP contribution in [-0.2, 0) is 4.74 Å². The van der Waals surface area contributed by atoms with Crippen molar-refractivity contribution in [3.63, 3.8) is 0 Å². The minimum Gasteiger partial charge on any atom is -0.492 e. The lowest BCUT2D eigenvalue weighted by Gasteiger charge is -2.28. The van der Waals surface area contributed by atoms with Gasteiger partial charge >= 0.3 is 0 Å². The van der Waals surface area contributed by atoms with Crippen molar-refractivity contribution >= 4 is 0 Å². The van der Waals surface area contributed by atoms with Gasteiger partial charge in [-0.25, -0.2) is 0 Å². The smallest absolute Gasteiger partial charge is 0.118 e. The van der Waals surface area contributed by atoms with Crippen LogP contribution in [0.25, 0.3) is 0 Å². The summed E-state index contributed by atoms with van der Waals surface area (Å²) in [7, 11) is 4.14. The lowest BCUT2D eigenvalue weighted by molar-refractivity contribution is 0.180. The van der Waals surface area contributed by atoms with E-state index in [9.17, 15) is 0 Å². The molecule has 0 aromatic heterocycles. The minimum atomic E-state index is 0.185. The molecule has 0 radical (unpaired) electrons. The second-order valence-corrected chi connectivity index (χ2v) is 5.67. The second kappa shape index (κ2) is 5.53. The van der Waals surface area contributed by atoms with E-state index >= 15 is 0 Å². The highest BCUT2D eigenvalue weighted by Crippen LogP contribution is 2.34. The van der Waals surface area contributed by atoms with Crippen LogP contribution in [0, 0.1) is 5.41 Å². The highest BCUT2D eigenvalue weighted by atomic mass is 16.5. The zero-order valence-electron chi connectivity index (χ0n) is 11.3. The Hall–Kier alpha value is -0.760. The Morgan fingerprint density at radius 3 is 2.38 bits per heavy atom. The first kappa shape index (κ1) is 13.3. The Balaban J connectivity index is 2.57. The van der Waals surface area contributed by atoms with Crippen molar-refractivity contribution in [1.82, 2.24) is 4.90 Å². The van der Waals surface area contributed by atoms with Crippen LogP contribution < -0.4 is 0 Å². The topological polar surface area (TPSA) is 12.5 Å². The second-order valence-electron chi connectivity index (χ2n) is 5.67. The lowest BCUT2D eigenvalue weighted by Crippen LogP contribution is -2.20. The fourth-order valence-electron chi connectivity index (χ4n) is 1.80. The van der Waals surface area contributed by atoms with Crippen molar-refractivity contribution < 1.29 is 4.74 Å². The van der Waals surface area contributed by atoms with Crippen molar-refractivity contribution in [2.24, 2.45) is 5.41 Å². The van der Waals surface area contributed by atoms with Crippen molar-refractivity contribution in [3.05, 3.63) is 23.5 Å². The Morgan fingerprint density at radius 2 is 1.81 bits per heavy atom. The van der Waals surface area contributed by atoms with Crippen LogP contribution in [-0.4, -0.2) is 32.1 Å². The molecule has 0 aliphatic heterocycles. The normalized spacial score (nSPS) is 17.1. The van der Waals surface area contributed by atoms with Gasteiger partial charge in [-0.15, -0.1) is 0 Å². The highest BCUT2D eigenvalue weighted by Gasteiger charge is 2.23. The predicted molar refractivity (Wildman–Crippen MR) is 69.4 cm³/mol. The van der Waals surface area contributed by atoms with Gasteiger partial charge in [-0.1, -0.05) is 26.8 Å². The van der Waals surface area contributed by atoms with Gasteiger partial charge in [-0.2, -0.15) is 0 Å². The van der Waals surface area contributed by atoms with Gasteiger partial charge in [-0.3, -0.25) is 0 Å². The predicted octanol–water partition coefficient (Wildman–Crippen LogP) is 3.21. The summed E-state index contributed by atoms with van der Waals surface area (Å²) in [5.74, 6) is 1.10. The summed E-state index contributed by atoms with van der Waals surface area (Å²) < 4.78 is 5.88. The first-order valence-corrected chi connectivity index (χ1v) is 6.10. The van der Waals surface area contributed by atoms with Crippen molar-refractivity contribution in [2.45, 2.75) is 33.6 Å². The largest absolute Gasteiger partial charge is 0.492 e. The average Bonchev–Trinajstić information content (AvgIpc) is 2.16. The summed E-state index contributed by atoms with van der Waals surface area (Å²) in [5.41, 5.74) is 1.54. The first-order chi connectivity index (χ1) is 7.41. The van der Waals surface area contributed by atoms with Crippen molar-refractivity contribution in [2.75, 3.05) is 27.2 Å². The van der Waals surface area contributed by atoms with Crippen molar-refractivity contribution in [1.29, 1.82) is 0 Å². The molecule has 0 saturated carbocycles.